The van der Waals surface area contributed by atoms with Gasteiger partial charge >= 0.3 is 0 Å². The van der Waals surface area contributed by atoms with E-state index in [1.807, 2.05) is 24.3 Å². The smallest absolute Gasteiger partial charge is 0.298 e. The van der Waals surface area contributed by atoms with E-state index in [0.717, 1.165) is 16.5 Å². The van der Waals surface area contributed by atoms with Crippen LogP contribution in [0.5, 0.6) is 5.75 Å². The number of hydrogen-bond donors (Lipinski definition) is 2. The standard InChI is InChI=1S/C18H14N4O2/c1-11-20-16-14-4-2-3-5-15(14)21-17(16)18(24)22(11)19-10-12-6-8-13(23)9-7-12/h2-10,21,23H,1H3. The third-order valence-corrected chi connectivity index (χ3v) is 3.88. The molecule has 0 atom stereocenters. The zero-order valence-electron chi connectivity index (χ0n) is 12.9. The van der Waals surface area contributed by atoms with E-state index in [4.69, 9.17) is 0 Å². The summed E-state index contributed by atoms with van der Waals surface area (Å²) in [6.45, 7) is 1.75. The van der Waals surface area contributed by atoms with Crippen LogP contribution in [0, 0.1) is 6.92 Å². The fourth-order valence-electron chi connectivity index (χ4n) is 2.68. The number of para-hydroxylation sites is 1. The first-order valence-electron chi connectivity index (χ1n) is 7.47. The van der Waals surface area contributed by atoms with E-state index in [1.54, 1.807) is 37.4 Å². The molecule has 0 unspecified atom stereocenters. The second-order valence-corrected chi connectivity index (χ2v) is 5.51. The van der Waals surface area contributed by atoms with Crippen LogP contribution in [-0.2, 0) is 0 Å². The van der Waals surface area contributed by atoms with Crippen LogP contribution in [0.25, 0.3) is 21.9 Å². The minimum absolute atomic E-state index is 0.182. The average Bonchev–Trinajstić information content (AvgIpc) is 2.95. The molecule has 2 heterocycles. The number of aromatic hydroxyl groups is 1. The van der Waals surface area contributed by atoms with Crippen LogP contribution in [0.3, 0.4) is 0 Å². The van der Waals surface area contributed by atoms with Crippen LogP contribution in [0.2, 0.25) is 0 Å². The normalized spacial score (nSPS) is 11.7. The number of nitrogens with zero attached hydrogens (tertiary/aromatic N) is 3. The molecule has 2 aromatic carbocycles. The van der Waals surface area contributed by atoms with Gasteiger partial charge in [0, 0.05) is 10.9 Å². The molecule has 4 aromatic rings. The summed E-state index contributed by atoms with van der Waals surface area (Å²) < 4.78 is 1.27. The van der Waals surface area contributed by atoms with Crippen LogP contribution < -0.4 is 5.56 Å². The molecule has 0 saturated carbocycles. The lowest BCUT2D eigenvalue weighted by molar-refractivity contribution is 0.475. The molecule has 6 nitrogen and oxygen atoms in total. The van der Waals surface area contributed by atoms with Gasteiger partial charge in [0.15, 0.2) is 0 Å². The minimum Gasteiger partial charge on any atom is -0.508 e. The van der Waals surface area contributed by atoms with Crippen LogP contribution in [0.15, 0.2) is 58.4 Å². The van der Waals surface area contributed by atoms with Gasteiger partial charge in [0.2, 0.25) is 0 Å². The van der Waals surface area contributed by atoms with Gasteiger partial charge in [-0.3, -0.25) is 4.79 Å². The lowest BCUT2D eigenvalue weighted by Gasteiger charge is -2.03. The molecule has 2 N–H and O–H groups in total. The van der Waals surface area contributed by atoms with Crippen LogP contribution in [0.4, 0.5) is 0 Å². The number of hydrogen-bond acceptors (Lipinski definition) is 4. The molecule has 0 aliphatic heterocycles. The van der Waals surface area contributed by atoms with Gasteiger partial charge in [-0.1, -0.05) is 18.2 Å². The molecule has 0 amide bonds. The maximum atomic E-state index is 12.7. The number of aromatic nitrogens is 3. The first-order chi connectivity index (χ1) is 11.6. The third kappa shape index (κ3) is 2.25. The Morgan fingerprint density at radius 1 is 1.17 bits per heavy atom. The Bertz CT molecular complexity index is 1140. The number of phenolic OH excluding ortho intramolecular Hbond substituents is 1. The van der Waals surface area contributed by atoms with Crippen molar-refractivity contribution in [3.63, 3.8) is 0 Å². The number of phenols is 1. The summed E-state index contributed by atoms with van der Waals surface area (Å²) in [7, 11) is 0. The first kappa shape index (κ1) is 14.2. The molecule has 0 fully saturated rings. The van der Waals surface area contributed by atoms with Gasteiger partial charge in [-0.05, 0) is 42.8 Å². The van der Waals surface area contributed by atoms with E-state index in [2.05, 4.69) is 15.1 Å². The van der Waals surface area contributed by atoms with Crippen molar-refractivity contribution in [3.05, 3.63) is 70.3 Å². The number of nitrogens with one attached hydrogen (secondary N) is 1. The van der Waals surface area contributed by atoms with Gasteiger partial charge in [-0.15, -0.1) is 0 Å². The van der Waals surface area contributed by atoms with Crippen LogP contribution >= 0.6 is 0 Å². The van der Waals surface area contributed by atoms with Crippen molar-refractivity contribution in [2.45, 2.75) is 6.92 Å². The van der Waals surface area contributed by atoms with E-state index >= 15 is 0 Å². The molecule has 4 rings (SSSR count). The lowest BCUT2D eigenvalue weighted by Crippen LogP contribution is -2.20. The van der Waals surface area contributed by atoms with Gasteiger partial charge in [-0.25, -0.2) is 4.98 Å². The molecule has 0 aliphatic carbocycles. The maximum absolute atomic E-state index is 12.7. The molecular formula is C18H14N4O2. The fraction of sp³-hybridized carbons (Fsp3) is 0.0556. The highest BCUT2D eigenvalue weighted by Crippen LogP contribution is 2.21. The number of H-pyrrole nitrogens is 1. The Kier molecular flexibility index (Phi) is 3.16. The van der Waals surface area contributed by atoms with E-state index in [-0.39, 0.29) is 11.3 Å². The first-order valence-corrected chi connectivity index (χ1v) is 7.47. The highest BCUT2D eigenvalue weighted by molar-refractivity contribution is 6.04. The second-order valence-electron chi connectivity index (χ2n) is 5.51. The van der Waals surface area contributed by atoms with E-state index in [9.17, 15) is 9.90 Å². The molecular weight excluding hydrogens is 304 g/mol. The zero-order valence-corrected chi connectivity index (χ0v) is 12.9. The summed E-state index contributed by atoms with van der Waals surface area (Å²) in [6.07, 6.45) is 1.56. The summed E-state index contributed by atoms with van der Waals surface area (Å²) in [6, 6.07) is 14.2. The van der Waals surface area contributed by atoms with Crippen molar-refractivity contribution in [1.29, 1.82) is 0 Å². The molecule has 0 aliphatic rings. The van der Waals surface area contributed by atoms with Crippen molar-refractivity contribution in [1.82, 2.24) is 14.6 Å². The van der Waals surface area contributed by atoms with Gasteiger partial charge in [-0.2, -0.15) is 9.78 Å². The van der Waals surface area contributed by atoms with Gasteiger partial charge in [0.05, 0.1) is 6.21 Å². The number of aryl methyl sites for hydroxylation is 1. The highest BCUT2D eigenvalue weighted by Gasteiger charge is 2.12. The predicted molar refractivity (Wildman–Crippen MR) is 93.7 cm³/mol. The molecule has 0 radical (unpaired) electrons. The summed E-state index contributed by atoms with van der Waals surface area (Å²) in [5.74, 6) is 0.689. The van der Waals surface area contributed by atoms with E-state index in [1.165, 1.54) is 4.68 Å². The van der Waals surface area contributed by atoms with Crippen molar-refractivity contribution >= 4 is 28.2 Å². The third-order valence-electron chi connectivity index (χ3n) is 3.88. The van der Waals surface area contributed by atoms with Gasteiger partial charge in [0.25, 0.3) is 5.56 Å². The Morgan fingerprint density at radius 2 is 1.92 bits per heavy atom. The Hall–Kier alpha value is -3.41. The zero-order chi connectivity index (χ0) is 16.7. The van der Waals surface area contributed by atoms with Crippen molar-refractivity contribution in [3.8, 4) is 5.75 Å². The quantitative estimate of drug-likeness (QED) is 0.557. The average molecular weight is 318 g/mol. The number of fused-ring (bicyclic) bond motifs is 3. The maximum Gasteiger partial charge on any atom is 0.298 e. The summed E-state index contributed by atoms with van der Waals surface area (Å²) in [5.41, 5.74) is 2.49. The molecule has 0 bridgehead atoms. The van der Waals surface area contributed by atoms with Crippen molar-refractivity contribution < 1.29 is 5.11 Å². The molecule has 2 aromatic heterocycles. The molecule has 6 heteroatoms. The largest absolute Gasteiger partial charge is 0.508 e. The monoisotopic (exact) mass is 318 g/mol. The number of rotatable bonds is 2. The SMILES string of the molecule is Cc1nc2c([nH]c3ccccc32)c(=O)n1N=Cc1ccc(O)cc1. The number of aromatic amines is 1. The topological polar surface area (TPSA) is 83.3 Å². The summed E-state index contributed by atoms with van der Waals surface area (Å²) in [4.78, 5) is 20.4. The Labute approximate surface area is 136 Å². The molecule has 0 saturated heterocycles. The van der Waals surface area contributed by atoms with E-state index < -0.39 is 0 Å². The second kappa shape index (κ2) is 5.34. The van der Waals surface area contributed by atoms with E-state index in [0.29, 0.717) is 16.9 Å². The van der Waals surface area contributed by atoms with Crippen LogP contribution in [0.1, 0.15) is 11.4 Å². The fourth-order valence-corrected chi connectivity index (χ4v) is 2.68. The molecule has 24 heavy (non-hydrogen) atoms. The Balaban J connectivity index is 1.88. The number of benzene rings is 2. The summed E-state index contributed by atoms with van der Waals surface area (Å²) >= 11 is 0. The van der Waals surface area contributed by atoms with Crippen molar-refractivity contribution in [2.24, 2.45) is 5.10 Å². The Morgan fingerprint density at radius 3 is 2.71 bits per heavy atom. The summed E-state index contributed by atoms with van der Waals surface area (Å²) in [5, 5.41) is 14.5. The molecule has 118 valence electrons. The van der Waals surface area contributed by atoms with Gasteiger partial charge < -0.3 is 10.1 Å². The highest BCUT2D eigenvalue weighted by atomic mass is 16.3. The van der Waals surface area contributed by atoms with Crippen molar-refractivity contribution in [2.75, 3.05) is 0 Å². The predicted octanol–water partition coefficient (Wildman–Crippen LogP) is 2.77. The van der Waals surface area contributed by atoms with Gasteiger partial charge in [0.1, 0.15) is 22.6 Å². The lowest BCUT2D eigenvalue weighted by atomic mass is 10.2. The minimum atomic E-state index is -0.247. The van der Waals surface area contributed by atoms with Crippen LogP contribution in [-0.4, -0.2) is 26.0 Å². The molecule has 0 spiro atoms.